The van der Waals surface area contributed by atoms with Crippen LogP contribution < -0.4 is 0 Å². The minimum absolute atomic E-state index is 0.0519. The van der Waals surface area contributed by atoms with Gasteiger partial charge in [0.25, 0.3) is 0 Å². The molecule has 3 nitrogen and oxygen atoms in total. The lowest BCUT2D eigenvalue weighted by Gasteiger charge is -2.56. The Morgan fingerprint density at radius 3 is 2.84 bits per heavy atom. The van der Waals surface area contributed by atoms with Crippen LogP contribution in [-0.4, -0.2) is 17.9 Å². The molecule has 0 heterocycles. The number of carbonyl (C=O) groups is 2. The number of ketones is 1. The van der Waals surface area contributed by atoms with Crippen LogP contribution in [0.15, 0.2) is 23.8 Å². The van der Waals surface area contributed by atoms with Gasteiger partial charge in [0.15, 0.2) is 5.78 Å². The van der Waals surface area contributed by atoms with Crippen LogP contribution in [0.3, 0.4) is 0 Å². The Labute approximate surface area is 150 Å². The van der Waals surface area contributed by atoms with Gasteiger partial charge in [0, 0.05) is 11.8 Å². The van der Waals surface area contributed by atoms with Crippen molar-refractivity contribution in [2.75, 3.05) is 0 Å². The summed E-state index contributed by atoms with van der Waals surface area (Å²) in [5.74, 6) is 2.04. The third-order valence-corrected chi connectivity index (χ3v) is 7.87. The van der Waals surface area contributed by atoms with Gasteiger partial charge in [-0.3, -0.25) is 9.59 Å². The minimum Gasteiger partial charge on any atom is -0.462 e. The minimum atomic E-state index is -0.0571. The van der Waals surface area contributed by atoms with Gasteiger partial charge in [-0.05, 0) is 73.8 Å². The second kappa shape index (κ2) is 5.82. The normalized spacial score (nSPS) is 45.2. The zero-order valence-corrected chi connectivity index (χ0v) is 15.7. The maximum atomic E-state index is 11.8. The van der Waals surface area contributed by atoms with Crippen LogP contribution >= 0.6 is 0 Å². The Bertz CT molecular complexity index is 660. The van der Waals surface area contributed by atoms with Gasteiger partial charge in [-0.2, -0.15) is 0 Å². The van der Waals surface area contributed by atoms with E-state index in [4.69, 9.17) is 4.74 Å². The van der Waals surface area contributed by atoms with Gasteiger partial charge in [-0.25, -0.2) is 0 Å². The molecule has 3 fully saturated rings. The third kappa shape index (κ3) is 2.62. The zero-order chi connectivity index (χ0) is 17.8. The number of allylic oxidation sites excluding steroid dienone is 4. The first-order valence-electron chi connectivity index (χ1n) is 9.99. The SMILES string of the molecule is CCC(=O)O[C@H]1C[C@@H]2[C@H]3CCC4=CC(=O)C=C[C@]4(C)[C@@H]3CC[C@]2(C)C1. The number of ether oxygens (including phenoxy) is 1. The quantitative estimate of drug-likeness (QED) is 0.688. The molecule has 0 spiro atoms. The highest BCUT2D eigenvalue weighted by Crippen LogP contribution is 2.64. The molecule has 25 heavy (non-hydrogen) atoms. The molecule has 3 heteroatoms. The molecular formula is C22H30O3. The second-order valence-electron chi connectivity index (χ2n) is 9.20. The maximum absolute atomic E-state index is 11.8. The molecule has 0 bridgehead atoms. The van der Waals surface area contributed by atoms with Gasteiger partial charge in [0.1, 0.15) is 6.10 Å². The second-order valence-corrected chi connectivity index (χ2v) is 9.20. The summed E-state index contributed by atoms with van der Waals surface area (Å²) in [5, 5.41) is 0. The summed E-state index contributed by atoms with van der Waals surface area (Å²) in [6.07, 6.45) is 13.1. The van der Waals surface area contributed by atoms with Gasteiger partial charge < -0.3 is 4.74 Å². The fourth-order valence-corrected chi connectivity index (χ4v) is 6.55. The van der Waals surface area contributed by atoms with Crippen molar-refractivity contribution in [2.45, 2.75) is 71.8 Å². The lowest BCUT2D eigenvalue weighted by atomic mass is 9.48. The molecule has 0 N–H and O–H groups in total. The van der Waals surface area contributed by atoms with E-state index in [1.165, 1.54) is 24.8 Å². The third-order valence-electron chi connectivity index (χ3n) is 7.87. The first-order valence-corrected chi connectivity index (χ1v) is 9.99. The van der Waals surface area contributed by atoms with Crippen molar-refractivity contribution in [3.05, 3.63) is 23.8 Å². The smallest absolute Gasteiger partial charge is 0.305 e. The molecule has 6 atom stereocenters. The predicted molar refractivity (Wildman–Crippen MR) is 96.8 cm³/mol. The summed E-state index contributed by atoms with van der Waals surface area (Å²) >= 11 is 0. The Balaban J connectivity index is 1.58. The first-order chi connectivity index (χ1) is 11.9. The summed E-state index contributed by atoms with van der Waals surface area (Å²) in [7, 11) is 0. The number of hydrogen-bond donors (Lipinski definition) is 0. The summed E-state index contributed by atoms with van der Waals surface area (Å²) in [5.41, 5.74) is 1.71. The summed E-state index contributed by atoms with van der Waals surface area (Å²) in [6, 6.07) is 0. The Kier molecular flexibility index (Phi) is 3.97. The van der Waals surface area contributed by atoms with E-state index in [1.807, 2.05) is 13.0 Å². The van der Waals surface area contributed by atoms with E-state index in [0.29, 0.717) is 29.6 Å². The van der Waals surface area contributed by atoms with E-state index in [0.717, 1.165) is 19.3 Å². The van der Waals surface area contributed by atoms with Crippen molar-refractivity contribution < 1.29 is 14.3 Å². The van der Waals surface area contributed by atoms with Crippen LogP contribution in [0.4, 0.5) is 0 Å². The fraction of sp³-hybridized carbons (Fsp3) is 0.727. The number of hydrogen-bond acceptors (Lipinski definition) is 3. The van der Waals surface area contributed by atoms with Crippen molar-refractivity contribution >= 4 is 11.8 Å². The van der Waals surface area contributed by atoms with Gasteiger partial charge >= 0.3 is 5.97 Å². The van der Waals surface area contributed by atoms with Gasteiger partial charge in [-0.1, -0.05) is 32.4 Å². The molecule has 0 amide bonds. The van der Waals surface area contributed by atoms with Crippen LogP contribution in [0.1, 0.15) is 65.7 Å². The molecule has 4 rings (SSSR count). The molecule has 0 unspecified atom stereocenters. The Hall–Kier alpha value is -1.38. The molecule has 0 aromatic heterocycles. The monoisotopic (exact) mass is 342 g/mol. The fourth-order valence-electron chi connectivity index (χ4n) is 6.55. The van der Waals surface area contributed by atoms with Crippen LogP contribution in [0.5, 0.6) is 0 Å². The standard InChI is InChI=1S/C22H30O3/c1-4-20(24)25-16-12-19-17-6-5-14-11-15(23)7-10-22(14,3)18(17)8-9-21(19,2)13-16/h7,10-11,16-19H,4-6,8-9,12-13H2,1-3H3/t16-,17-,18+,19+,21+,22-/m0/s1. The Morgan fingerprint density at radius 2 is 2.08 bits per heavy atom. The van der Waals surface area contributed by atoms with E-state index in [2.05, 4.69) is 19.9 Å². The zero-order valence-electron chi connectivity index (χ0n) is 15.7. The topological polar surface area (TPSA) is 43.4 Å². The average Bonchev–Trinajstić information content (AvgIpc) is 2.91. The number of fused-ring (bicyclic) bond motifs is 5. The van der Waals surface area contributed by atoms with Crippen molar-refractivity contribution in [3.63, 3.8) is 0 Å². The first kappa shape index (κ1) is 17.1. The molecule has 4 aliphatic carbocycles. The van der Waals surface area contributed by atoms with E-state index in [-0.39, 0.29) is 23.3 Å². The molecule has 0 radical (unpaired) electrons. The van der Waals surface area contributed by atoms with Crippen LogP contribution in [0.2, 0.25) is 0 Å². The molecule has 0 aromatic rings. The largest absolute Gasteiger partial charge is 0.462 e. The van der Waals surface area contributed by atoms with E-state index < -0.39 is 0 Å². The van der Waals surface area contributed by atoms with Crippen LogP contribution in [-0.2, 0) is 14.3 Å². The van der Waals surface area contributed by atoms with Crippen molar-refractivity contribution in [2.24, 2.45) is 28.6 Å². The van der Waals surface area contributed by atoms with E-state index in [9.17, 15) is 9.59 Å². The molecule has 4 aliphatic rings. The predicted octanol–water partition coefficient (Wildman–Crippen LogP) is 4.62. The van der Waals surface area contributed by atoms with Crippen LogP contribution in [0, 0.1) is 28.6 Å². The molecule has 0 saturated heterocycles. The highest BCUT2D eigenvalue weighted by atomic mass is 16.5. The van der Waals surface area contributed by atoms with Gasteiger partial charge in [-0.15, -0.1) is 0 Å². The van der Waals surface area contributed by atoms with Crippen molar-refractivity contribution in [1.82, 2.24) is 0 Å². The average molecular weight is 342 g/mol. The van der Waals surface area contributed by atoms with E-state index >= 15 is 0 Å². The molecule has 3 saturated carbocycles. The summed E-state index contributed by atoms with van der Waals surface area (Å²) in [6.45, 7) is 6.63. The highest BCUT2D eigenvalue weighted by Gasteiger charge is 2.57. The highest BCUT2D eigenvalue weighted by molar-refractivity contribution is 6.01. The van der Waals surface area contributed by atoms with Crippen molar-refractivity contribution in [1.29, 1.82) is 0 Å². The Morgan fingerprint density at radius 1 is 1.28 bits per heavy atom. The molecular weight excluding hydrogens is 312 g/mol. The van der Waals surface area contributed by atoms with Gasteiger partial charge in [0.05, 0.1) is 0 Å². The maximum Gasteiger partial charge on any atom is 0.305 e. The molecule has 0 aliphatic heterocycles. The summed E-state index contributed by atoms with van der Waals surface area (Å²) < 4.78 is 5.73. The lowest BCUT2D eigenvalue weighted by molar-refractivity contribution is -0.148. The van der Waals surface area contributed by atoms with E-state index in [1.54, 1.807) is 6.08 Å². The van der Waals surface area contributed by atoms with Crippen molar-refractivity contribution in [3.8, 4) is 0 Å². The number of carbonyl (C=O) groups excluding carboxylic acids is 2. The van der Waals surface area contributed by atoms with Crippen LogP contribution in [0.25, 0.3) is 0 Å². The summed E-state index contributed by atoms with van der Waals surface area (Å²) in [4.78, 5) is 23.6. The molecule has 0 aromatic carbocycles. The molecule has 136 valence electrons. The van der Waals surface area contributed by atoms with Gasteiger partial charge in [0.2, 0.25) is 0 Å². The number of esters is 1. The lowest BCUT2D eigenvalue weighted by Crippen LogP contribution is -2.48. The number of rotatable bonds is 2.